The Morgan fingerprint density at radius 1 is 1.07 bits per heavy atom. The zero-order valence-corrected chi connectivity index (χ0v) is 17.2. The molecule has 2 heterocycles. The van der Waals surface area contributed by atoms with Crippen molar-refractivity contribution in [2.24, 2.45) is 5.73 Å². The molecule has 2 aliphatic rings. The van der Waals surface area contributed by atoms with Gasteiger partial charge in [0.15, 0.2) is 0 Å². The van der Waals surface area contributed by atoms with Crippen molar-refractivity contribution < 1.29 is 19.1 Å². The number of esters is 2. The number of hydrogen-bond acceptors (Lipinski definition) is 8. The van der Waals surface area contributed by atoms with E-state index < -0.39 is 11.9 Å². The number of carbonyl (C=O) groups excluding carboxylic acids is 2. The number of ether oxygens (including phenoxy) is 2. The molecule has 0 amide bonds. The fourth-order valence-corrected chi connectivity index (χ4v) is 4.77. The smallest absolute Gasteiger partial charge is 0.341 e. The minimum absolute atomic E-state index is 0.00858. The molecule has 9 heteroatoms. The standard InChI is InChI=1S/C21H19N3O5S/c1-28-20(26)15-12-9-6-10-13-14(12)17(30-18(22)16(15)21(27)29-2)19(25)24(23-13)11-7-4-3-5-8-11/h3-5,7-8H,6,9-10,22H2,1-2H3. The van der Waals surface area contributed by atoms with E-state index in [2.05, 4.69) is 5.10 Å². The molecule has 0 saturated heterocycles. The Morgan fingerprint density at radius 3 is 2.40 bits per heavy atom. The Labute approximate surface area is 176 Å². The van der Waals surface area contributed by atoms with Crippen LogP contribution in [-0.4, -0.2) is 35.9 Å². The Bertz CT molecular complexity index is 1180. The molecule has 0 atom stereocenters. The van der Waals surface area contributed by atoms with Gasteiger partial charge in [-0.3, -0.25) is 4.79 Å². The van der Waals surface area contributed by atoms with Crippen LogP contribution in [0, 0.1) is 0 Å². The number of benzene rings is 1. The maximum atomic E-state index is 13.4. The fourth-order valence-electron chi connectivity index (χ4n) is 3.75. The molecule has 1 aromatic carbocycles. The second-order valence-corrected chi connectivity index (χ2v) is 7.79. The van der Waals surface area contributed by atoms with Gasteiger partial charge in [-0.1, -0.05) is 30.0 Å². The van der Waals surface area contributed by atoms with Gasteiger partial charge in [0.1, 0.15) is 5.57 Å². The molecule has 2 N–H and O–H groups in total. The monoisotopic (exact) mass is 425 g/mol. The van der Waals surface area contributed by atoms with Crippen LogP contribution in [0.4, 0.5) is 0 Å². The van der Waals surface area contributed by atoms with Crippen LogP contribution in [0.15, 0.2) is 56.2 Å². The van der Waals surface area contributed by atoms with Gasteiger partial charge in [-0.05, 0) is 37.0 Å². The molecular formula is C21H19N3O5S. The molecule has 0 saturated carbocycles. The summed E-state index contributed by atoms with van der Waals surface area (Å²) in [7, 11) is 2.44. The molecular weight excluding hydrogens is 406 g/mol. The summed E-state index contributed by atoms with van der Waals surface area (Å²) < 4.78 is 11.1. The quantitative estimate of drug-likeness (QED) is 0.743. The Kier molecular flexibility index (Phi) is 5.21. The third-order valence-corrected chi connectivity index (χ3v) is 6.06. The number of carbonyl (C=O) groups is 2. The normalized spacial score (nSPS) is 15.4. The van der Waals surface area contributed by atoms with Gasteiger partial charge in [-0.2, -0.15) is 9.78 Å². The SMILES string of the molecule is COC(=O)C1=C(N)Sc2c3c(nn(-c4ccccc4)c2=O)CCCC3=C1C(=O)OC. The Morgan fingerprint density at radius 2 is 1.73 bits per heavy atom. The average Bonchev–Trinajstić information content (AvgIpc) is 2.91. The number of rotatable bonds is 3. The van der Waals surface area contributed by atoms with Crippen LogP contribution in [0.25, 0.3) is 11.3 Å². The minimum atomic E-state index is -0.760. The highest BCUT2D eigenvalue weighted by molar-refractivity contribution is 8.03. The molecule has 1 aliphatic heterocycles. The van der Waals surface area contributed by atoms with Gasteiger partial charge in [-0.25, -0.2) is 9.59 Å². The molecule has 30 heavy (non-hydrogen) atoms. The summed E-state index contributed by atoms with van der Waals surface area (Å²) in [6.07, 6.45) is 1.80. The van der Waals surface area contributed by atoms with Crippen LogP contribution in [0.1, 0.15) is 24.1 Å². The lowest BCUT2D eigenvalue weighted by atomic mass is 9.85. The Hall–Kier alpha value is -3.33. The average molecular weight is 425 g/mol. The maximum Gasteiger partial charge on any atom is 0.341 e. The van der Waals surface area contributed by atoms with Crippen LogP contribution >= 0.6 is 11.8 Å². The summed E-state index contributed by atoms with van der Waals surface area (Å²) in [6, 6.07) is 9.06. The third-order valence-electron chi connectivity index (χ3n) is 5.06. The highest BCUT2D eigenvalue weighted by Crippen LogP contribution is 2.44. The van der Waals surface area contributed by atoms with Gasteiger partial charge in [0, 0.05) is 5.56 Å². The third kappa shape index (κ3) is 3.11. The molecule has 1 aliphatic carbocycles. The number of allylic oxidation sites excluding steroid dienone is 1. The molecule has 0 radical (unpaired) electrons. The summed E-state index contributed by atoms with van der Waals surface area (Å²) in [5.74, 6) is -1.47. The van der Waals surface area contributed by atoms with Crippen molar-refractivity contribution in [3.63, 3.8) is 0 Å². The minimum Gasteiger partial charge on any atom is -0.465 e. The largest absolute Gasteiger partial charge is 0.465 e. The molecule has 4 rings (SSSR count). The first-order valence-corrected chi connectivity index (χ1v) is 10.1. The molecule has 0 bridgehead atoms. The molecule has 2 aromatic rings. The van der Waals surface area contributed by atoms with E-state index in [-0.39, 0.29) is 21.7 Å². The summed E-state index contributed by atoms with van der Waals surface area (Å²) in [6.45, 7) is 0. The summed E-state index contributed by atoms with van der Waals surface area (Å²) >= 11 is 0.953. The molecule has 154 valence electrons. The number of aryl methyl sites for hydroxylation is 1. The van der Waals surface area contributed by atoms with E-state index in [4.69, 9.17) is 15.2 Å². The van der Waals surface area contributed by atoms with Crippen molar-refractivity contribution >= 4 is 29.3 Å². The number of para-hydroxylation sites is 1. The fraction of sp³-hybridized carbons (Fsp3) is 0.238. The first-order chi connectivity index (χ1) is 14.5. The van der Waals surface area contributed by atoms with Gasteiger partial charge < -0.3 is 15.2 Å². The lowest BCUT2D eigenvalue weighted by Gasteiger charge is -2.22. The predicted octanol–water partition coefficient (Wildman–Crippen LogP) is 1.94. The van der Waals surface area contributed by atoms with Crippen LogP contribution in [0.5, 0.6) is 0 Å². The van der Waals surface area contributed by atoms with Crippen LogP contribution in [0.3, 0.4) is 0 Å². The van der Waals surface area contributed by atoms with E-state index in [9.17, 15) is 14.4 Å². The van der Waals surface area contributed by atoms with Crippen LogP contribution in [-0.2, 0) is 25.5 Å². The van der Waals surface area contributed by atoms with E-state index in [1.54, 1.807) is 12.1 Å². The Balaban J connectivity index is 2.09. The number of methoxy groups -OCH3 is 2. The summed E-state index contributed by atoms with van der Waals surface area (Å²) in [4.78, 5) is 38.9. The lowest BCUT2D eigenvalue weighted by molar-refractivity contribution is -0.139. The lowest BCUT2D eigenvalue weighted by Crippen LogP contribution is -2.28. The molecule has 0 fully saturated rings. The van der Waals surface area contributed by atoms with Gasteiger partial charge in [-0.15, -0.1) is 0 Å². The van der Waals surface area contributed by atoms with E-state index >= 15 is 0 Å². The summed E-state index contributed by atoms with van der Waals surface area (Å²) in [5, 5.41) is 4.59. The van der Waals surface area contributed by atoms with Gasteiger partial charge >= 0.3 is 11.9 Å². The highest BCUT2D eigenvalue weighted by atomic mass is 32.2. The van der Waals surface area contributed by atoms with Crippen molar-refractivity contribution in [3.05, 3.63) is 68.1 Å². The summed E-state index contributed by atoms with van der Waals surface area (Å²) in [5.41, 5.74) is 8.19. The first kappa shape index (κ1) is 20.0. The van der Waals surface area contributed by atoms with Crippen LogP contribution in [0.2, 0.25) is 0 Å². The zero-order chi connectivity index (χ0) is 21.4. The maximum absolute atomic E-state index is 13.4. The van der Waals surface area contributed by atoms with Crippen LogP contribution < -0.4 is 11.3 Å². The second-order valence-electron chi connectivity index (χ2n) is 6.73. The number of nitrogens with zero attached hydrogens (tertiary/aromatic N) is 2. The highest BCUT2D eigenvalue weighted by Gasteiger charge is 2.37. The molecule has 0 spiro atoms. The zero-order valence-electron chi connectivity index (χ0n) is 16.4. The topological polar surface area (TPSA) is 114 Å². The number of hydrogen-bond donors (Lipinski definition) is 1. The van der Waals surface area contributed by atoms with E-state index in [0.29, 0.717) is 46.7 Å². The van der Waals surface area contributed by atoms with Gasteiger partial charge in [0.2, 0.25) is 0 Å². The van der Waals surface area contributed by atoms with Crippen molar-refractivity contribution in [1.82, 2.24) is 9.78 Å². The first-order valence-electron chi connectivity index (χ1n) is 9.27. The number of nitrogens with two attached hydrogens (primary N) is 1. The van der Waals surface area contributed by atoms with Gasteiger partial charge in [0.25, 0.3) is 5.56 Å². The van der Waals surface area contributed by atoms with Crippen molar-refractivity contribution in [3.8, 4) is 5.69 Å². The molecule has 8 nitrogen and oxygen atoms in total. The van der Waals surface area contributed by atoms with Gasteiger partial charge in [0.05, 0.1) is 41.1 Å². The molecule has 0 unspecified atom stereocenters. The van der Waals surface area contributed by atoms with Crippen molar-refractivity contribution in [2.75, 3.05) is 14.2 Å². The van der Waals surface area contributed by atoms with Crippen molar-refractivity contribution in [2.45, 2.75) is 24.2 Å². The van der Waals surface area contributed by atoms with E-state index in [1.165, 1.54) is 18.9 Å². The second kappa shape index (κ2) is 7.83. The van der Waals surface area contributed by atoms with E-state index in [1.807, 2.05) is 18.2 Å². The number of thioether (sulfide) groups is 1. The molecule has 1 aromatic heterocycles. The number of aromatic nitrogens is 2. The van der Waals surface area contributed by atoms with E-state index in [0.717, 1.165) is 11.8 Å². The predicted molar refractivity (Wildman–Crippen MR) is 111 cm³/mol. The van der Waals surface area contributed by atoms with Crippen molar-refractivity contribution in [1.29, 1.82) is 0 Å².